The minimum atomic E-state index is 0.187. The second-order valence-corrected chi connectivity index (χ2v) is 6.32. The maximum atomic E-state index is 8.89. The molecule has 1 N–H and O–H groups in total. The van der Waals surface area contributed by atoms with Crippen LogP contribution in [-0.2, 0) is 11.5 Å². The number of benzene rings is 2. The van der Waals surface area contributed by atoms with Crippen molar-refractivity contribution >= 4 is 5.57 Å². The van der Waals surface area contributed by atoms with Crippen LogP contribution in [-0.4, -0.2) is 30.8 Å². The standard InChI is InChI=1S/C21H23NO2/c1-22(2)14-16-9-7-13-18(16)20-11-5-6-12-21(20)19-10-4-3-8-17(19)15-24-23/h3-12,23H,13-15H2,1-2H3. The second kappa shape index (κ2) is 7.58. The smallest absolute Gasteiger partial charge is 0.108 e. The van der Waals surface area contributed by atoms with Crippen LogP contribution in [0.2, 0.25) is 0 Å². The van der Waals surface area contributed by atoms with Gasteiger partial charge in [-0.3, -0.25) is 5.26 Å². The molecule has 24 heavy (non-hydrogen) atoms. The van der Waals surface area contributed by atoms with Crippen molar-refractivity contribution in [1.82, 2.24) is 4.90 Å². The Kier molecular flexibility index (Phi) is 5.26. The van der Waals surface area contributed by atoms with Gasteiger partial charge in [0.25, 0.3) is 0 Å². The minimum absolute atomic E-state index is 0.187. The van der Waals surface area contributed by atoms with Crippen molar-refractivity contribution in [2.24, 2.45) is 0 Å². The SMILES string of the molecule is CN(C)CC1=C(c2ccccc2-c2ccccc2COO)CC=C1. The Bertz CT molecular complexity index is 775. The number of rotatable bonds is 6. The third-order valence-corrected chi connectivity index (χ3v) is 4.29. The van der Waals surface area contributed by atoms with Crippen molar-refractivity contribution in [1.29, 1.82) is 0 Å². The van der Waals surface area contributed by atoms with Gasteiger partial charge in [-0.15, -0.1) is 0 Å². The zero-order chi connectivity index (χ0) is 16.9. The van der Waals surface area contributed by atoms with Gasteiger partial charge in [0.1, 0.15) is 6.61 Å². The summed E-state index contributed by atoms with van der Waals surface area (Å²) in [7, 11) is 4.19. The number of hydrogen-bond donors (Lipinski definition) is 1. The third-order valence-electron chi connectivity index (χ3n) is 4.29. The summed E-state index contributed by atoms with van der Waals surface area (Å²) in [5, 5.41) is 8.89. The Hall–Kier alpha value is -2.20. The van der Waals surface area contributed by atoms with Gasteiger partial charge in [-0.25, -0.2) is 4.89 Å². The quantitative estimate of drug-likeness (QED) is 0.622. The summed E-state index contributed by atoms with van der Waals surface area (Å²) in [4.78, 5) is 6.59. The summed E-state index contributed by atoms with van der Waals surface area (Å²) >= 11 is 0. The summed E-state index contributed by atoms with van der Waals surface area (Å²) in [6.07, 6.45) is 5.42. The fourth-order valence-corrected chi connectivity index (χ4v) is 3.28. The highest BCUT2D eigenvalue weighted by molar-refractivity contribution is 5.86. The van der Waals surface area contributed by atoms with Crippen LogP contribution >= 0.6 is 0 Å². The van der Waals surface area contributed by atoms with Crippen LogP contribution in [0.4, 0.5) is 0 Å². The lowest BCUT2D eigenvalue weighted by atomic mass is 9.90. The van der Waals surface area contributed by atoms with E-state index >= 15 is 0 Å². The van der Waals surface area contributed by atoms with Gasteiger partial charge in [0, 0.05) is 6.54 Å². The van der Waals surface area contributed by atoms with Crippen molar-refractivity contribution in [2.75, 3.05) is 20.6 Å². The minimum Gasteiger partial charge on any atom is -0.305 e. The number of likely N-dealkylation sites (N-methyl/N-ethyl adjacent to an activating group) is 1. The van der Waals surface area contributed by atoms with E-state index in [2.05, 4.69) is 66.4 Å². The van der Waals surface area contributed by atoms with E-state index in [4.69, 9.17) is 5.26 Å². The molecule has 0 aromatic heterocycles. The molecule has 3 heteroatoms. The molecule has 124 valence electrons. The summed E-state index contributed by atoms with van der Waals surface area (Å²) in [5.41, 5.74) is 7.26. The van der Waals surface area contributed by atoms with Gasteiger partial charge in [-0.05, 0) is 53.9 Å². The van der Waals surface area contributed by atoms with Crippen LogP contribution in [0.15, 0.2) is 66.3 Å². The average molecular weight is 321 g/mol. The van der Waals surface area contributed by atoms with E-state index in [0.717, 1.165) is 24.1 Å². The third kappa shape index (κ3) is 3.49. The molecule has 0 spiro atoms. The molecule has 2 aromatic rings. The molecule has 0 amide bonds. The summed E-state index contributed by atoms with van der Waals surface area (Å²) in [6.45, 7) is 1.12. The molecule has 0 saturated carbocycles. The molecule has 0 fully saturated rings. The summed E-state index contributed by atoms with van der Waals surface area (Å²) in [6, 6.07) is 16.5. The van der Waals surface area contributed by atoms with E-state index in [1.165, 1.54) is 22.3 Å². The Labute approximate surface area is 143 Å². The van der Waals surface area contributed by atoms with Crippen molar-refractivity contribution in [3.8, 4) is 11.1 Å². The predicted molar refractivity (Wildman–Crippen MR) is 98.5 cm³/mol. The van der Waals surface area contributed by atoms with E-state index in [9.17, 15) is 0 Å². The van der Waals surface area contributed by atoms with Crippen molar-refractivity contribution in [2.45, 2.75) is 13.0 Å². The summed E-state index contributed by atoms with van der Waals surface area (Å²) < 4.78 is 0. The van der Waals surface area contributed by atoms with Crippen LogP contribution < -0.4 is 0 Å². The molecule has 3 nitrogen and oxygen atoms in total. The number of nitrogens with zero attached hydrogens (tertiary/aromatic N) is 1. The molecule has 0 bridgehead atoms. The molecule has 0 radical (unpaired) electrons. The molecule has 3 rings (SSSR count). The van der Waals surface area contributed by atoms with E-state index in [1.54, 1.807) is 0 Å². The zero-order valence-corrected chi connectivity index (χ0v) is 14.2. The normalized spacial score (nSPS) is 14.0. The lowest BCUT2D eigenvalue weighted by Crippen LogP contribution is -2.14. The molecule has 0 atom stereocenters. The van der Waals surface area contributed by atoms with E-state index in [0.29, 0.717) is 0 Å². The first-order valence-corrected chi connectivity index (χ1v) is 8.18. The van der Waals surface area contributed by atoms with Gasteiger partial charge in [0.05, 0.1) is 0 Å². The number of allylic oxidation sites excluding steroid dienone is 2. The lowest BCUT2D eigenvalue weighted by Gasteiger charge is -2.17. The molecular weight excluding hydrogens is 298 g/mol. The molecule has 0 saturated heterocycles. The molecule has 0 aliphatic heterocycles. The lowest BCUT2D eigenvalue weighted by molar-refractivity contribution is -0.252. The van der Waals surface area contributed by atoms with Gasteiger partial charge < -0.3 is 4.90 Å². The van der Waals surface area contributed by atoms with Gasteiger partial charge in [0.15, 0.2) is 0 Å². The molecule has 2 aromatic carbocycles. The van der Waals surface area contributed by atoms with Crippen molar-refractivity contribution in [3.05, 3.63) is 77.4 Å². The first-order chi connectivity index (χ1) is 11.7. The Morgan fingerprint density at radius 1 is 0.958 bits per heavy atom. The highest BCUT2D eigenvalue weighted by Crippen LogP contribution is 2.37. The highest BCUT2D eigenvalue weighted by atomic mass is 17.1. The van der Waals surface area contributed by atoms with Gasteiger partial charge >= 0.3 is 0 Å². The Morgan fingerprint density at radius 3 is 2.33 bits per heavy atom. The monoisotopic (exact) mass is 321 g/mol. The fourth-order valence-electron chi connectivity index (χ4n) is 3.28. The van der Waals surface area contributed by atoms with Gasteiger partial charge in [-0.2, -0.15) is 0 Å². The largest absolute Gasteiger partial charge is 0.305 e. The molecule has 0 unspecified atom stereocenters. The van der Waals surface area contributed by atoms with E-state index < -0.39 is 0 Å². The van der Waals surface area contributed by atoms with E-state index in [1.807, 2.05) is 18.2 Å². The fraction of sp³-hybridized carbons (Fsp3) is 0.238. The molecule has 1 aliphatic carbocycles. The van der Waals surface area contributed by atoms with Crippen LogP contribution in [0.5, 0.6) is 0 Å². The molecule has 0 heterocycles. The summed E-state index contributed by atoms with van der Waals surface area (Å²) in [5.74, 6) is 0. The number of hydrogen-bond acceptors (Lipinski definition) is 3. The topological polar surface area (TPSA) is 32.7 Å². The van der Waals surface area contributed by atoms with Crippen LogP contribution in [0, 0.1) is 0 Å². The zero-order valence-electron chi connectivity index (χ0n) is 14.2. The highest BCUT2D eigenvalue weighted by Gasteiger charge is 2.17. The van der Waals surface area contributed by atoms with Crippen molar-refractivity contribution < 1.29 is 10.1 Å². The van der Waals surface area contributed by atoms with Crippen LogP contribution in [0.1, 0.15) is 17.5 Å². The first kappa shape index (κ1) is 16.7. The molecule has 1 aliphatic rings. The maximum absolute atomic E-state index is 8.89. The average Bonchev–Trinajstić information content (AvgIpc) is 3.03. The maximum Gasteiger partial charge on any atom is 0.108 e. The van der Waals surface area contributed by atoms with Crippen LogP contribution in [0.3, 0.4) is 0 Å². The predicted octanol–water partition coefficient (Wildman–Crippen LogP) is 4.62. The van der Waals surface area contributed by atoms with Crippen molar-refractivity contribution in [3.63, 3.8) is 0 Å². The Morgan fingerprint density at radius 2 is 1.62 bits per heavy atom. The first-order valence-electron chi connectivity index (χ1n) is 8.18. The van der Waals surface area contributed by atoms with Gasteiger partial charge in [-0.1, -0.05) is 60.7 Å². The van der Waals surface area contributed by atoms with Gasteiger partial charge in [0.2, 0.25) is 0 Å². The van der Waals surface area contributed by atoms with Crippen LogP contribution in [0.25, 0.3) is 16.7 Å². The molecular formula is C21H23NO2. The second-order valence-electron chi connectivity index (χ2n) is 6.32. The van der Waals surface area contributed by atoms with E-state index in [-0.39, 0.29) is 6.61 Å². The Balaban J connectivity index is 2.10.